The Labute approximate surface area is 204 Å². The zero-order valence-corrected chi connectivity index (χ0v) is 21.3. The minimum absolute atomic E-state index is 0.152. The summed E-state index contributed by atoms with van der Waals surface area (Å²) in [5.74, 6) is 2.64. The van der Waals surface area contributed by atoms with Crippen molar-refractivity contribution in [1.29, 1.82) is 0 Å². The van der Waals surface area contributed by atoms with Crippen LogP contribution in [0.1, 0.15) is 28.3 Å². The second kappa shape index (κ2) is 9.38. The number of sulfonamides is 1. The van der Waals surface area contributed by atoms with Gasteiger partial charge in [0, 0.05) is 17.4 Å². The van der Waals surface area contributed by atoms with Crippen LogP contribution in [0.15, 0.2) is 53.4 Å². The van der Waals surface area contributed by atoms with Crippen molar-refractivity contribution < 1.29 is 17.9 Å². The first-order valence-corrected chi connectivity index (χ1v) is 12.4. The third-order valence-electron chi connectivity index (χ3n) is 5.68. The fraction of sp³-hybridized carbons (Fsp3) is 0.240. The van der Waals surface area contributed by atoms with Crippen molar-refractivity contribution in [2.24, 2.45) is 0 Å². The van der Waals surface area contributed by atoms with Gasteiger partial charge in [0.05, 0.1) is 17.7 Å². The van der Waals surface area contributed by atoms with Gasteiger partial charge in [0.15, 0.2) is 5.82 Å². The number of methoxy groups -OCH3 is 1. The molecule has 0 aliphatic rings. The summed E-state index contributed by atoms with van der Waals surface area (Å²) in [7, 11) is -2.21. The van der Waals surface area contributed by atoms with E-state index in [0.29, 0.717) is 34.7 Å². The average molecular weight is 494 g/mol. The van der Waals surface area contributed by atoms with Gasteiger partial charge in [-0.25, -0.2) is 18.1 Å². The highest BCUT2D eigenvalue weighted by Gasteiger charge is 2.16. The van der Waals surface area contributed by atoms with Crippen LogP contribution >= 0.6 is 0 Å². The summed E-state index contributed by atoms with van der Waals surface area (Å²) in [5.41, 5.74) is 4.17. The SMILES string of the molecule is COc1ccc(S(=O)(=O)Nc2ccc(Oc3cc(-n4nc(C)c(C)c4C)nc(C)n3)cc2)cc1C. The third kappa shape index (κ3) is 5.12. The van der Waals surface area contributed by atoms with Crippen molar-refractivity contribution in [3.8, 4) is 23.2 Å². The molecule has 182 valence electrons. The lowest BCUT2D eigenvalue weighted by Gasteiger charge is -2.12. The Hall–Kier alpha value is -3.92. The average Bonchev–Trinajstić information content (AvgIpc) is 3.07. The topological polar surface area (TPSA) is 108 Å². The van der Waals surface area contributed by atoms with Gasteiger partial charge < -0.3 is 9.47 Å². The van der Waals surface area contributed by atoms with Crippen LogP contribution in [0.5, 0.6) is 17.4 Å². The highest BCUT2D eigenvalue weighted by molar-refractivity contribution is 7.92. The fourth-order valence-electron chi connectivity index (χ4n) is 3.57. The number of ether oxygens (including phenoxy) is 2. The van der Waals surface area contributed by atoms with Crippen molar-refractivity contribution in [2.75, 3.05) is 11.8 Å². The van der Waals surface area contributed by atoms with E-state index in [9.17, 15) is 8.42 Å². The predicted molar refractivity (Wildman–Crippen MR) is 133 cm³/mol. The second-order valence-electron chi connectivity index (χ2n) is 8.18. The van der Waals surface area contributed by atoms with Gasteiger partial charge in [-0.1, -0.05) is 0 Å². The molecule has 2 heterocycles. The van der Waals surface area contributed by atoms with E-state index < -0.39 is 10.0 Å². The van der Waals surface area contributed by atoms with E-state index in [0.717, 1.165) is 22.5 Å². The Kier molecular flexibility index (Phi) is 6.49. The molecule has 0 amide bonds. The molecule has 4 rings (SSSR count). The van der Waals surface area contributed by atoms with Gasteiger partial charge in [0.1, 0.15) is 17.3 Å². The molecule has 9 nitrogen and oxygen atoms in total. The predicted octanol–water partition coefficient (Wildman–Crippen LogP) is 4.81. The van der Waals surface area contributed by atoms with Crippen LogP contribution in [-0.4, -0.2) is 35.3 Å². The quantitative estimate of drug-likeness (QED) is 0.394. The summed E-state index contributed by atoms with van der Waals surface area (Å²) >= 11 is 0. The molecular formula is C25H27N5O4S. The normalized spacial score (nSPS) is 11.4. The summed E-state index contributed by atoms with van der Waals surface area (Å²) in [6.45, 7) is 9.54. The van der Waals surface area contributed by atoms with Crippen molar-refractivity contribution in [1.82, 2.24) is 19.7 Å². The monoisotopic (exact) mass is 493 g/mol. The Balaban J connectivity index is 1.52. The van der Waals surface area contributed by atoms with E-state index in [1.807, 2.05) is 20.8 Å². The summed E-state index contributed by atoms with van der Waals surface area (Å²) in [5, 5.41) is 4.55. The molecule has 0 aliphatic carbocycles. The van der Waals surface area contributed by atoms with Crippen molar-refractivity contribution in [3.63, 3.8) is 0 Å². The minimum Gasteiger partial charge on any atom is -0.496 e. The molecule has 0 spiro atoms. The number of hydrogen-bond donors (Lipinski definition) is 1. The summed E-state index contributed by atoms with van der Waals surface area (Å²) in [4.78, 5) is 9.00. The molecule has 35 heavy (non-hydrogen) atoms. The second-order valence-corrected chi connectivity index (χ2v) is 9.86. The lowest BCUT2D eigenvalue weighted by atomic mass is 10.2. The van der Waals surface area contributed by atoms with E-state index >= 15 is 0 Å². The highest BCUT2D eigenvalue weighted by atomic mass is 32.2. The van der Waals surface area contributed by atoms with Gasteiger partial charge in [0.2, 0.25) is 5.88 Å². The number of anilines is 1. The van der Waals surface area contributed by atoms with E-state index in [-0.39, 0.29) is 4.90 Å². The molecular weight excluding hydrogens is 466 g/mol. The fourth-order valence-corrected chi connectivity index (χ4v) is 4.72. The van der Waals surface area contributed by atoms with Gasteiger partial charge in [-0.05, 0) is 88.2 Å². The van der Waals surface area contributed by atoms with Crippen molar-refractivity contribution in [2.45, 2.75) is 39.5 Å². The summed E-state index contributed by atoms with van der Waals surface area (Å²) in [6.07, 6.45) is 0. The van der Waals surface area contributed by atoms with E-state index in [1.54, 1.807) is 68.1 Å². The summed E-state index contributed by atoms with van der Waals surface area (Å²) in [6, 6.07) is 13.0. The number of hydrogen-bond acceptors (Lipinski definition) is 7. The summed E-state index contributed by atoms with van der Waals surface area (Å²) < 4.78 is 41.0. The van der Waals surface area contributed by atoms with Gasteiger partial charge in [-0.15, -0.1) is 0 Å². The lowest BCUT2D eigenvalue weighted by Crippen LogP contribution is -2.13. The Morgan fingerprint density at radius 1 is 0.914 bits per heavy atom. The lowest BCUT2D eigenvalue weighted by molar-refractivity contribution is 0.411. The van der Waals surface area contributed by atoms with Crippen LogP contribution < -0.4 is 14.2 Å². The molecule has 0 saturated heterocycles. The molecule has 10 heteroatoms. The van der Waals surface area contributed by atoms with Gasteiger partial charge in [-0.2, -0.15) is 10.1 Å². The molecule has 1 N–H and O–H groups in total. The maximum absolute atomic E-state index is 12.8. The van der Waals surface area contributed by atoms with Crippen LogP contribution in [0, 0.1) is 34.6 Å². The first kappa shape index (κ1) is 24.2. The minimum atomic E-state index is -3.76. The van der Waals surface area contributed by atoms with Crippen LogP contribution in [-0.2, 0) is 10.0 Å². The van der Waals surface area contributed by atoms with Gasteiger partial charge in [-0.3, -0.25) is 4.72 Å². The van der Waals surface area contributed by atoms with Gasteiger partial charge in [0.25, 0.3) is 10.0 Å². The van der Waals surface area contributed by atoms with Crippen LogP contribution in [0.3, 0.4) is 0 Å². The van der Waals surface area contributed by atoms with Crippen molar-refractivity contribution >= 4 is 15.7 Å². The Bertz CT molecular complexity index is 1500. The van der Waals surface area contributed by atoms with Crippen LogP contribution in [0.25, 0.3) is 5.82 Å². The van der Waals surface area contributed by atoms with E-state index in [1.165, 1.54) is 6.07 Å². The first-order valence-electron chi connectivity index (χ1n) is 10.9. The zero-order chi connectivity index (χ0) is 25.3. The largest absolute Gasteiger partial charge is 0.496 e. The van der Waals surface area contributed by atoms with Crippen LogP contribution in [0.4, 0.5) is 5.69 Å². The van der Waals surface area contributed by atoms with E-state index in [2.05, 4.69) is 19.8 Å². The number of rotatable bonds is 7. The first-order chi connectivity index (χ1) is 16.6. The molecule has 0 radical (unpaired) electrons. The molecule has 0 saturated carbocycles. The maximum atomic E-state index is 12.8. The number of aromatic nitrogens is 4. The molecule has 0 fully saturated rings. The molecule has 0 unspecified atom stereocenters. The van der Waals surface area contributed by atoms with Crippen LogP contribution in [0.2, 0.25) is 0 Å². The number of nitrogens with zero attached hydrogens (tertiary/aromatic N) is 4. The molecule has 2 aromatic heterocycles. The van der Waals surface area contributed by atoms with Gasteiger partial charge >= 0.3 is 0 Å². The smallest absolute Gasteiger partial charge is 0.261 e. The maximum Gasteiger partial charge on any atom is 0.261 e. The zero-order valence-electron chi connectivity index (χ0n) is 20.4. The molecule has 4 aromatic rings. The standard InChI is InChI=1S/C25H27N5O4S/c1-15-13-22(11-12-23(15)33-6)35(31,32)29-20-7-9-21(10-8-20)34-25-14-24(26-19(5)27-25)30-18(4)16(2)17(3)28-30/h7-14,29H,1-6H3. The number of benzene rings is 2. The van der Waals surface area contributed by atoms with Crippen molar-refractivity contribution in [3.05, 3.63) is 76.9 Å². The Morgan fingerprint density at radius 2 is 1.63 bits per heavy atom. The molecule has 0 bridgehead atoms. The highest BCUT2D eigenvalue weighted by Crippen LogP contribution is 2.26. The molecule has 0 aliphatic heterocycles. The van der Waals surface area contributed by atoms with E-state index in [4.69, 9.17) is 9.47 Å². The number of aryl methyl sites for hydroxylation is 3. The number of nitrogens with one attached hydrogen (secondary N) is 1. The third-order valence-corrected chi connectivity index (χ3v) is 7.06. The molecule has 2 aromatic carbocycles. The Morgan fingerprint density at radius 3 is 2.23 bits per heavy atom. The molecule has 0 atom stereocenters.